The number of amides is 2. The summed E-state index contributed by atoms with van der Waals surface area (Å²) in [4.78, 5) is 24.0. The van der Waals surface area contributed by atoms with Crippen LogP contribution in [0.4, 0.5) is 0 Å². The van der Waals surface area contributed by atoms with Gasteiger partial charge in [-0.05, 0) is 46.5 Å². The Balaban J connectivity index is 1.61. The highest BCUT2D eigenvalue weighted by Crippen LogP contribution is 2.21. The Hall–Kier alpha value is -1.66. The van der Waals surface area contributed by atoms with Crippen LogP contribution in [0.5, 0.6) is 0 Å². The number of hydrogen-bond acceptors (Lipinski definition) is 3. The van der Waals surface area contributed by atoms with Crippen LogP contribution < -0.4 is 10.6 Å². The van der Waals surface area contributed by atoms with E-state index in [1.54, 1.807) is 6.07 Å². The molecule has 1 aromatic carbocycles. The van der Waals surface area contributed by atoms with E-state index >= 15 is 0 Å². The molecule has 116 valence electrons. The number of aryl methyl sites for hydroxylation is 1. The summed E-state index contributed by atoms with van der Waals surface area (Å²) in [7, 11) is 0. The van der Waals surface area contributed by atoms with E-state index < -0.39 is 0 Å². The van der Waals surface area contributed by atoms with Crippen LogP contribution in [0.3, 0.4) is 0 Å². The molecular formula is C16H17BrN2O2S. The number of carbonyl (C=O) groups excluding carboxylic acids is 2. The maximum Gasteiger partial charge on any atom is 0.261 e. The van der Waals surface area contributed by atoms with Crippen LogP contribution in [0, 0.1) is 0 Å². The van der Waals surface area contributed by atoms with Crippen molar-refractivity contribution in [3.05, 3.63) is 56.7 Å². The van der Waals surface area contributed by atoms with E-state index in [1.807, 2.05) is 24.3 Å². The first-order valence-corrected chi connectivity index (χ1v) is 8.60. The van der Waals surface area contributed by atoms with E-state index in [-0.39, 0.29) is 18.4 Å². The van der Waals surface area contributed by atoms with Crippen LogP contribution in [-0.2, 0) is 11.2 Å². The van der Waals surface area contributed by atoms with E-state index in [9.17, 15) is 9.59 Å². The third-order valence-corrected chi connectivity index (χ3v) is 4.64. The third-order valence-electron chi connectivity index (χ3n) is 3.01. The summed E-state index contributed by atoms with van der Waals surface area (Å²) in [6, 6.07) is 13.7. The van der Waals surface area contributed by atoms with Crippen LogP contribution in [0.25, 0.3) is 0 Å². The van der Waals surface area contributed by atoms with Crippen molar-refractivity contribution >= 4 is 39.1 Å². The average molecular weight is 381 g/mol. The standard InChI is InChI=1S/C16H17BrN2O2S/c17-14-9-8-13(22-14)16(21)19-11-15(20)18-10-4-7-12-5-2-1-3-6-12/h1-3,5-6,8-9H,4,7,10-11H2,(H,18,20)(H,19,21). The van der Waals surface area contributed by atoms with Gasteiger partial charge in [-0.1, -0.05) is 30.3 Å². The normalized spacial score (nSPS) is 10.2. The summed E-state index contributed by atoms with van der Waals surface area (Å²) in [5.41, 5.74) is 1.26. The fraction of sp³-hybridized carbons (Fsp3) is 0.250. The lowest BCUT2D eigenvalue weighted by Crippen LogP contribution is -2.37. The Morgan fingerprint density at radius 1 is 1.05 bits per heavy atom. The van der Waals surface area contributed by atoms with E-state index in [4.69, 9.17) is 0 Å². The molecule has 6 heteroatoms. The van der Waals surface area contributed by atoms with Crippen molar-refractivity contribution in [2.75, 3.05) is 13.1 Å². The Kier molecular flexibility index (Phi) is 6.61. The van der Waals surface area contributed by atoms with Gasteiger partial charge < -0.3 is 10.6 Å². The van der Waals surface area contributed by atoms with Crippen LogP contribution in [0.15, 0.2) is 46.3 Å². The summed E-state index contributed by atoms with van der Waals surface area (Å²) in [6.45, 7) is 0.605. The van der Waals surface area contributed by atoms with Gasteiger partial charge >= 0.3 is 0 Å². The molecular weight excluding hydrogens is 364 g/mol. The van der Waals surface area contributed by atoms with E-state index in [1.165, 1.54) is 16.9 Å². The molecule has 0 aliphatic rings. The minimum atomic E-state index is -0.227. The molecule has 0 radical (unpaired) electrons. The van der Waals surface area contributed by atoms with Crippen molar-refractivity contribution in [3.8, 4) is 0 Å². The SMILES string of the molecule is O=C(CNC(=O)c1ccc(Br)s1)NCCCc1ccccc1. The molecule has 0 atom stereocenters. The van der Waals surface area contributed by atoms with Gasteiger partial charge in [0.2, 0.25) is 5.91 Å². The second-order valence-electron chi connectivity index (χ2n) is 4.73. The molecule has 0 saturated carbocycles. The topological polar surface area (TPSA) is 58.2 Å². The lowest BCUT2D eigenvalue weighted by atomic mass is 10.1. The lowest BCUT2D eigenvalue weighted by Gasteiger charge is -2.06. The molecule has 0 saturated heterocycles. The van der Waals surface area contributed by atoms with E-state index in [2.05, 4.69) is 38.7 Å². The molecule has 2 N–H and O–H groups in total. The van der Waals surface area contributed by atoms with Gasteiger partial charge in [-0.2, -0.15) is 0 Å². The molecule has 0 fully saturated rings. The second-order valence-corrected chi connectivity index (χ2v) is 7.19. The number of halogens is 1. The zero-order valence-corrected chi connectivity index (χ0v) is 14.4. The van der Waals surface area contributed by atoms with Crippen molar-refractivity contribution in [1.29, 1.82) is 0 Å². The van der Waals surface area contributed by atoms with Gasteiger partial charge in [0.25, 0.3) is 5.91 Å². The van der Waals surface area contributed by atoms with Crippen LogP contribution in [0.1, 0.15) is 21.7 Å². The maximum absolute atomic E-state index is 11.8. The van der Waals surface area contributed by atoms with Crippen LogP contribution >= 0.6 is 27.3 Å². The highest BCUT2D eigenvalue weighted by atomic mass is 79.9. The average Bonchev–Trinajstić information content (AvgIpc) is 2.97. The van der Waals surface area contributed by atoms with Gasteiger partial charge in [0, 0.05) is 6.54 Å². The summed E-state index contributed by atoms with van der Waals surface area (Å²) in [6.07, 6.45) is 1.80. The molecule has 0 bridgehead atoms. The Morgan fingerprint density at radius 2 is 1.82 bits per heavy atom. The summed E-state index contributed by atoms with van der Waals surface area (Å²) in [5.74, 6) is -0.396. The summed E-state index contributed by atoms with van der Waals surface area (Å²) in [5, 5.41) is 5.41. The number of benzene rings is 1. The first-order valence-electron chi connectivity index (χ1n) is 6.99. The number of thiophene rings is 1. The van der Waals surface area contributed by atoms with Gasteiger partial charge in [-0.3, -0.25) is 9.59 Å². The van der Waals surface area contributed by atoms with Crippen LogP contribution in [0.2, 0.25) is 0 Å². The molecule has 2 aromatic rings. The summed E-state index contributed by atoms with van der Waals surface area (Å²) >= 11 is 4.64. The number of rotatable bonds is 7. The minimum absolute atomic E-state index is 0.000308. The minimum Gasteiger partial charge on any atom is -0.355 e. The van der Waals surface area contributed by atoms with Crippen LogP contribution in [-0.4, -0.2) is 24.9 Å². The molecule has 1 heterocycles. The molecule has 0 aliphatic heterocycles. The molecule has 2 amide bonds. The van der Waals surface area contributed by atoms with E-state index in [0.29, 0.717) is 11.4 Å². The second kappa shape index (κ2) is 8.70. The summed E-state index contributed by atoms with van der Waals surface area (Å²) < 4.78 is 0.892. The molecule has 0 spiro atoms. The molecule has 0 aliphatic carbocycles. The first-order chi connectivity index (χ1) is 10.6. The molecule has 1 aromatic heterocycles. The quantitative estimate of drug-likeness (QED) is 0.725. The number of nitrogens with one attached hydrogen (secondary N) is 2. The zero-order valence-electron chi connectivity index (χ0n) is 12.0. The fourth-order valence-corrected chi connectivity index (χ4v) is 3.21. The van der Waals surface area contributed by atoms with Crippen molar-refractivity contribution < 1.29 is 9.59 Å². The molecule has 4 nitrogen and oxygen atoms in total. The predicted molar refractivity (Wildman–Crippen MR) is 92.1 cm³/mol. The van der Waals surface area contributed by atoms with Crippen molar-refractivity contribution in [1.82, 2.24) is 10.6 Å². The maximum atomic E-state index is 11.8. The smallest absolute Gasteiger partial charge is 0.261 e. The lowest BCUT2D eigenvalue weighted by molar-refractivity contribution is -0.120. The molecule has 22 heavy (non-hydrogen) atoms. The monoisotopic (exact) mass is 380 g/mol. The van der Waals surface area contributed by atoms with Gasteiger partial charge in [0.05, 0.1) is 15.2 Å². The molecule has 2 rings (SSSR count). The van der Waals surface area contributed by atoms with Crippen molar-refractivity contribution in [3.63, 3.8) is 0 Å². The highest BCUT2D eigenvalue weighted by molar-refractivity contribution is 9.11. The van der Waals surface area contributed by atoms with Gasteiger partial charge in [0.15, 0.2) is 0 Å². The first kappa shape index (κ1) is 16.7. The Labute approximate surface area is 142 Å². The Bertz CT molecular complexity index is 628. The van der Waals surface area contributed by atoms with E-state index in [0.717, 1.165) is 16.6 Å². The largest absolute Gasteiger partial charge is 0.355 e. The fourth-order valence-electron chi connectivity index (χ4n) is 1.91. The highest BCUT2D eigenvalue weighted by Gasteiger charge is 2.09. The van der Waals surface area contributed by atoms with Gasteiger partial charge in [-0.15, -0.1) is 11.3 Å². The van der Waals surface area contributed by atoms with Crippen molar-refractivity contribution in [2.24, 2.45) is 0 Å². The molecule has 0 unspecified atom stereocenters. The number of carbonyl (C=O) groups is 2. The Morgan fingerprint density at radius 3 is 2.50 bits per heavy atom. The third kappa shape index (κ3) is 5.61. The van der Waals surface area contributed by atoms with Crippen molar-refractivity contribution in [2.45, 2.75) is 12.8 Å². The number of hydrogen-bond donors (Lipinski definition) is 2. The van der Waals surface area contributed by atoms with Gasteiger partial charge in [0.1, 0.15) is 0 Å². The van der Waals surface area contributed by atoms with Gasteiger partial charge in [-0.25, -0.2) is 0 Å². The predicted octanol–water partition coefficient (Wildman–Crippen LogP) is 2.99. The zero-order chi connectivity index (χ0) is 15.8.